The van der Waals surface area contributed by atoms with Gasteiger partial charge in [-0.1, -0.05) is 0 Å². The van der Waals surface area contributed by atoms with Gasteiger partial charge in [0.15, 0.2) is 5.78 Å². The molecule has 0 amide bonds. The highest BCUT2D eigenvalue weighted by molar-refractivity contribution is 14.1. The van der Waals surface area contributed by atoms with Crippen molar-refractivity contribution in [2.24, 2.45) is 0 Å². The first-order valence-electron chi connectivity index (χ1n) is 6.33. The average molecular weight is 461 g/mol. The van der Waals surface area contributed by atoms with Crippen molar-refractivity contribution >= 4 is 44.3 Å². The van der Waals surface area contributed by atoms with Crippen LogP contribution in [0.1, 0.15) is 15.9 Å². The quantitative estimate of drug-likeness (QED) is 0.366. The number of ketones is 1. The van der Waals surface area contributed by atoms with Crippen LogP contribution in [0.25, 0.3) is 0 Å². The van der Waals surface area contributed by atoms with E-state index in [4.69, 9.17) is 9.47 Å². The summed E-state index contributed by atoms with van der Waals surface area (Å²) >= 11 is 5.65. The number of carbonyl (C=O) groups excluding carboxylic acids is 1. The number of benzene rings is 2. The zero-order chi connectivity index (χ0) is 15.2. The van der Waals surface area contributed by atoms with Gasteiger partial charge in [0.2, 0.25) is 0 Å². The van der Waals surface area contributed by atoms with Gasteiger partial charge in [0, 0.05) is 21.8 Å². The van der Waals surface area contributed by atoms with Gasteiger partial charge >= 0.3 is 0 Å². The summed E-state index contributed by atoms with van der Waals surface area (Å²) < 4.78 is 12.4. The van der Waals surface area contributed by atoms with Gasteiger partial charge in [0.1, 0.15) is 12.4 Å². The van der Waals surface area contributed by atoms with E-state index >= 15 is 0 Å². The van der Waals surface area contributed by atoms with E-state index in [-0.39, 0.29) is 5.78 Å². The maximum Gasteiger partial charge on any atom is 0.193 e. The largest absolute Gasteiger partial charge is 0.490 e. The van der Waals surface area contributed by atoms with Crippen molar-refractivity contribution in [3.8, 4) is 5.75 Å². The van der Waals surface area contributed by atoms with E-state index in [2.05, 4.69) is 38.5 Å². The topological polar surface area (TPSA) is 35.5 Å². The molecule has 0 aliphatic rings. The molecule has 0 bridgehead atoms. The third-order valence-corrected chi connectivity index (χ3v) is 4.18. The summed E-state index contributed by atoms with van der Waals surface area (Å²) in [5, 5.41) is 0. The van der Waals surface area contributed by atoms with Crippen LogP contribution in [-0.4, -0.2) is 26.1 Å². The molecule has 0 aromatic heterocycles. The second-order valence-corrected chi connectivity index (χ2v) is 6.42. The van der Waals surface area contributed by atoms with Gasteiger partial charge in [0.05, 0.1) is 11.1 Å². The summed E-state index contributed by atoms with van der Waals surface area (Å²) in [7, 11) is 1.63. The molecule has 0 unspecified atom stereocenters. The Morgan fingerprint density at radius 3 is 2.38 bits per heavy atom. The van der Waals surface area contributed by atoms with Crippen molar-refractivity contribution in [1.29, 1.82) is 0 Å². The van der Waals surface area contributed by atoms with Crippen molar-refractivity contribution in [3.05, 3.63) is 61.6 Å². The van der Waals surface area contributed by atoms with E-state index in [0.717, 1.165) is 8.04 Å². The van der Waals surface area contributed by atoms with Gasteiger partial charge in [-0.2, -0.15) is 0 Å². The Bertz CT molecular complexity index is 626. The Balaban J connectivity index is 2.15. The molecule has 2 rings (SSSR count). The molecule has 0 N–H and O–H groups in total. The number of ether oxygens (including phenoxy) is 2. The van der Waals surface area contributed by atoms with Crippen molar-refractivity contribution < 1.29 is 14.3 Å². The van der Waals surface area contributed by atoms with Gasteiger partial charge in [-0.15, -0.1) is 0 Å². The van der Waals surface area contributed by atoms with E-state index in [9.17, 15) is 4.79 Å². The lowest BCUT2D eigenvalue weighted by Crippen LogP contribution is -2.06. The van der Waals surface area contributed by atoms with Crippen molar-refractivity contribution in [1.82, 2.24) is 0 Å². The normalized spacial score (nSPS) is 10.4. The van der Waals surface area contributed by atoms with E-state index in [1.165, 1.54) is 0 Å². The van der Waals surface area contributed by atoms with Crippen LogP contribution in [-0.2, 0) is 4.74 Å². The molecular formula is C16H14BrIO3. The fourth-order valence-electron chi connectivity index (χ4n) is 1.76. The van der Waals surface area contributed by atoms with Crippen molar-refractivity contribution in [2.45, 2.75) is 0 Å². The molecule has 2 aromatic rings. The number of carbonyl (C=O) groups is 1. The maximum atomic E-state index is 12.4. The minimum atomic E-state index is -0.00413. The zero-order valence-corrected chi connectivity index (χ0v) is 15.2. The predicted molar refractivity (Wildman–Crippen MR) is 94.1 cm³/mol. The van der Waals surface area contributed by atoms with E-state index in [1.54, 1.807) is 25.3 Å². The predicted octanol–water partition coefficient (Wildman–Crippen LogP) is 4.31. The molecule has 0 radical (unpaired) electrons. The van der Waals surface area contributed by atoms with Gasteiger partial charge in [0.25, 0.3) is 0 Å². The lowest BCUT2D eigenvalue weighted by molar-refractivity contribution is 0.103. The molecule has 0 fully saturated rings. The van der Waals surface area contributed by atoms with Gasteiger partial charge in [-0.25, -0.2) is 0 Å². The molecule has 0 atom stereocenters. The van der Waals surface area contributed by atoms with Crippen LogP contribution in [0.15, 0.2) is 46.9 Å². The van der Waals surface area contributed by atoms with Gasteiger partial charge in [-0.05, 0) is 81.0 Å². The summed E-state index contributed by atoms with van der Waals surface area (Å²) in [6.45, 7) is 0.995. The van der Waals surface area contributed by atoms with Crippen LogP contribution >= 0.6 is 38.5 Å². The Morgan fingerprint density at radius 2 is 1.76 bits per heavy atom. The van der Waals surface area contributed by atoms with E-state index in [1.807, 2.05) is 24.3 Å². The Labute approximate surface area is 145 Å². The Kier molecular flexibility index (Phi) is 6.20. The third kappa shape index (κ3) is 4.52. The summed E-state index contributed by atoms with van der Waals surface area (Å²) in [5.41, 5.74) is 1.30. The lowest BCUT2D eigenvalue weighted by atomic mass is 10.0. The second kappa shape index (κ2) is 7.91. The standard InChI is InChI=1S/C16H14BrIO3/c1-20-8-9-21-15-7-4-12(10-14(15)17)16(19)11-2-5-13(18)6-3-11/h2-7,10H,8-9H2,1H3. The minimum absolute atomic E-state index is 0.00413. The van der Waals surface area contributed by atoms with Crippen molar-refractivity contribution in [2.75, 3.05) is 20.3 Å². The summed E-state index contributed by atoms with van der Waals surface area (Å²) in [4.78, 5) is 12.4. The second-order valence-electron chi connectivity index (χ2n) is 4.32. The van der Waals surface area contributed by atoms with Crippen LogP contribution in [0.2, 0.25) is 0 Å². The summed E-state index contributed by atoms with van der Waals surface area (Å²) in [6, 6.07) is 12.9. The molecule has 0 heterocycles. The number of hydrogen-bond donors (Lipinski definition) is 0. The smallest absolute Gasteiger partial charge is 0.193 e. The fourth-order valence-corrected chi connectivity index (χ4v) is 2.61. The molecule has 2 aromatic carbocycles. The van der Waals surface area contributed by atoms with Gasteiger partial charge < -0.3 is 9.47 Å². The highest BCUT2D eigenvalue weighted by Gasteiger charge is 2.11. The SMILES string of the molecule is COCCOc1ccc(C(=O)c2ccc(I)cc2)cc1Br. The first-order valence-corrected chi connectivity index (χ1v) is 8.20. The molecule has 0 aliphatic heterocycles. The number of hydrogen-bond acceptors (Lipinski definition) is 3. The number of methoxy groups -OCH3 is 1. The zero-order valence-electron chi connectivity index (χ0n) is 11.4. The number of rotatable bonds is 6. The molecular weight excluding hydrogens is 447 g/mol. The highest BCUT2D eigenvalue weighted by atomic mass is 127. The molecule has 110 valence electrons. The molecule has 0 saturated heterocycles. The molecule has 5 heteroatoms. The van der Waals surface area contributed by atoms with Crippen LogP contribution < -0.4 is 4.74 Å². The highest BCUT2D eigenvalue weighted by Crippen LogP contribution is 2.27. The van der Waals surface area contributed by atoms with Crippen LogP contribution in [0.5, 0.6) is 5.75 Å². The van der Waals surface area contributed by atoms with E-state index in [0.29, 0.717) is 30.1 Å². The summed E-state index contributed by atoms with van der Waals surface area (Å²) in [6.07, 6.45) is 0. The molecule has 3 nitrogen and oxygen atoms in total. The molecule has 0 spiro atoms. The minimum Gasteiger partial charge on any atom is -0.490 e. The maximum absolute atomic E-state index is 12.4. The Morgan fingerprint density at radius 1 is 1.10 bits per heavy atom. The van der Waals surface area contributed by atoms with Crippen LogP contribution in [0, 0.1) is 3.57 Å². The first-order chi connectivity index (χ1) is 10.1. The van der Waals surface area contributed by atoms with E-state index < -0.39 is 0 Å². The molecule has 0 aliphatic carbocycles. The first kappa shape index (κ1) is 16.5. The van der Waals surface area contributed by atoms with Crippen molar-refractivity contribution in [3.63, 3.8) is 0 Å². The molecule has 0 saturated carbocycles. The summed E-state index contributed by atoms with van der Waals surface area (Å²) in [5.74, 6) is 0.696. The Hall–Kier alpha value is -0.920. The molecule has 21 heavy (non-hydrogen) atoms. The lowest BCUT2D eigenvalue weighted by Gasteiger charge is -2.09. The fraction of sp³-hybridized carbons (Fsp3) is 0.188. The van der Waals surface area contributed by atoms with Crippen LogP contribution in [0.4, 0.5) is 0 Å². The third-order valence-electron chi connectivity index (χ3n) is 2.85. The van der Waals surface area contributed by atoms with Crippen LogP contribution in [0.3, 0.4) is 0 Å². The van der Waals surface area contributed by atoms with Gasteiger partial charge in [-0.3, -0.25) is 4.79 Å². The monoisotopic (exact) mass is 460 g/mol. The average Bonchev–Trinajstić information content (AvgIpc) is 2.49. The number of halogens is 2.